The minimum absolute atomic E-state index is 0.485. The van der Waals surface area contributed by atoms with Crippen LogP contribution in [-0.2, 0) is 0 Å². The van der Waals surface area contributed by atoms with Gasteiger partial charge in [-0.3, -0.25) is 0 Å². The van der Waals surface area contributed by atoms with Crippen molar-refractivity contribution in [3.8, 4) is 0 Å². The maximum Gasteiger partial charge on any atom is 0.00779 e. The molecule has 0 spiro atoms. The van der Waals surface area contributed by atoms with Gasteiger partial charge in [-0.05, 0) is 30.1 Å². The summed E-state index contributed by atoms with van der Waals surface area (Å²) in [7, 11) is 0. The molecule has 0 aliphatic rings. The van der Waals surface area contributed by atoms with E-state index in [0.717, 1.165) is 22.3 Å². The molecule has 0 saturated carbocycles. The van der Waals surface area contributed by atoms with E-state index in [1.54, 1.807) is 0 Å². The van der Waals surface area contributed by atoms with Gasteiger partial charge in [0.25, 0.3) is 0 Å². The zero-order valence-electron chi connectivity index (χ0n) is 14.8. The summed E-state index contributed by atoms with van der Waals surface area (Å²) in [5, 5.41) is 1.61. The molecule has 116 valence electrons. The summed E-state index contributed by atoms with van der Waals surface area (Å²) in [5.74, 6) is 1.64. The monoisotopic (exact) mass is 286 g/mol. The van der Waals surface area contributed by atoms with Gasteiger partial charge >= 0.3 is 0 Å². The van der Waals surface area contributed by atoms with Gasteiger partial charge in [0.1, 0.15) is 0 Å². The van der Waals surface area contributed by atoms with E-state index in [1.807, 2.05) is 0 Å². The Morgan fingerprint density at radius 1 is 0.947 bits per heavy atom. The lowest BCUT2D eigenvalue weighted by atomic mass is 9.74. The van der Waals surface area contributed by atoms with Gasteiger partial charge in [-0.25, -0.2) is 0 Å². The molecule has 0 aliphatic carbocycles. The Morgan fingerprint density at radius 3 is 1.95 bits per heavy atom. The number of hydrogen-bond donors (Lipinski definition) is 0. The van der Waals surface area contributed by atoms with Crippen molar-refractivity contribution in [2.24, 2.45) is 17.3 Å². The standard InChI is InChI=1S/C18H38S/c1-9-12-13-18(7,8)15(5)17(11-3)19-16(6)14(4)10-2/h14-17H,9-13H2,1-8H3. The predicted molar refractivity (Wildman–Crippen MR) is 93.1 cm³/mol. The van der Waals surface area contributed by atoms with E-state index in [-0.39, 0.29) is 0 Å². The van der Waals surface area contributed by atoms with E-state index in [9.17, 15) is 0 Å². The molecule has 0 heterocycles. The maximum atomic E-state index is 2.49. The zero-order valence-corrected chi connectivity index (χ0v) is 15.6. The van der Waals surface area contributed by atoms with E-state index in [1.165, 1.54) is 32.1 Å². The molecule has 0 saturated heterocycles. The van der Waals surface area contributed by atoms with E-state index in [2.05, 4.69) is 67.2 Å². The summed E-state index contributed by atoms with van der Waals surface area (Å²) in [6, 6.07) is 0. The molecule has 0 radical (unpaired) electrons. The van der Waals surface area contributed by atoms with Crippen LogP contribution in [-0.4, -0.2) is 10.5 Å². The third-order valence-corrected chi connectivity index (χ3v) is 7.19. The quantitative estimate of drug-likeness (QED) is 0.426. The third-order valence-electron chi connectivity index (χ3n) is 5.20. The van der Waals surface area contributed by atoms with Crippen LogP contribution in [0.2, 0.25) is 0 Å². The van der Waals surface area contributed by atoms with Crippen LogP contribution in [0.25, 0.3) is 0 Å². The zero-order chi connectivity index (χ0) is 15.1. The Hall–Kier alpha value is 0.350. The molecule has 0 nitrogen and oxygen atoms in total. The summed E-state index contributed by atoms with van der Waals surface area (Å²) in [5.41, 5.74) is 0.485. The molecule has 1 heteroatoms. The van der Waals surface area contributed by atoms with Crippen molar-refractivity contribution in [3.05, 3.63) is 0 Å². The second-order valence-corrected chi connectivity index (χ2v) is 8.68. The lowest BCUT2D eigenvalue weighted by Crippen LogP contribution is -2.31. The van der Waals surface area contributed by atoms with E-state index in [0.29, 0.717) is 5.41 Å². The Labute approximate surface area is 127 Å². The smallest absolute Gasteiger partial charge is 0.00779 e. The van der Waals surface area contributed by atoms with Crippen LogP contribution in [0, 0.1) is 17.3 Å². The number of rotatable bonds is 10. The minimum atomic E-state index is 0.485. The molecule has 0 aliphatic heterocycles. The molecule has 0 amide bonds. The molecule has 0 bridgehead atoms. The highest BCUT2D eigenvalue weighted by Gasteiger charge is 2.32. The third kappa shape index (κ3) is 6.56. The Balaban J connectivity index is 4.57. The summed E-state index contributed by atoms with van der Waals surface area (Å²) >= 11 is 2.25. The SMILES string of the molecule is CCCCC(C)(C)C(C)C(CC)SC(C)C(C)CC. The van der Waals surface area contributed by atoms with Crippen LogP contribution in [0.5, 0.6) is 0 Å². The van der Waals surface area contributed by atoms with Crippen LogP contribution < -0.4 is 0 Å². The molecular formula is C18H38S. The fourth-order valence-corrected chi connectivity index (χ4v) is 4.48. The number of unbranched alkanes of at least 4 members (excludes halogenated alkanes) is 1. The average Bonchev–Trinajstić information content (AvgIpc) is 2.40. The van der Waals surface area contributed by atoms with Gasteiger partial charge in [-0.1, -0.05) is 74.7 Å². The van der Waals surface area contributed by atoms with E-state index >= 15 is 0 Å². The molecule has 0 fully saturated rings. The fourth-order valence-electron chi connectivity index (χ4n) is 2.67. The van der Waals surface area contributed by atoms with Crippen LogP contribution in [0.3, 0.4) is 0 Å². The fraction of sp³-hybridized carbons (Fsp3) is 1.00. The molecule has 4 atom stereocenters. The van der Waals surface area contributed by atoms with Gasteiger partial charge in [0.2, 0.25) is 0 Å². The molecule has 0 aromatic heterocycles. The second-order valence-electron chi connectivity index (χ2n) is 7.05. The highest BCUT2D eigenvalue weighted by molar-refractivity contribution is 8.00. The van der Waals surface area contributed by atoms with Gasteiger partial charge in [-0.2, -0.15) is 11.8 Å². The maximum absolute atomic E-state index is 2.49. The molecule has 4 unspecified atom stereocenters. The largest absolute Gasteiger partial charge is 0.155 e. The Bertz CT molecular complexity index is 222. The van der Waals surface area contributed by atoms with Gasteiger partial charge in [-0.15, -0.1) is 0 Å². The van der Waals surface area contributed by atoms with Crippen molar-refractivity contribution in [1.82, 2.24) is 0 Å². The van der Waals surface area contributed by atoms with Crippen molar-refractivity contribution in [2.75, 3.05) is 0 Å². The summed E-state index contributed by atoms with van der Waals surface area (Å²) in [4.78, 5) is 0. The first-order valence-corrected chi connectivity index (χ1v) is 9.39. The van der Waals surface area contributed by atoms with Gasteiger partial charge < -0.3 is 0 Å². The van der Waals surface area contributed by atoms with E-state index < -0.39 is 0 Å². The normalized spacial score (nSPS) is 18.9. The highest BCUT2D eigenvalue weighted by atomic mass is 32.2. The summed E-state index contributed by atoms with van der Waals surface area (Å²) in [6.45, 7) is 19.3. The highest BCUT2D eigenvalue weighted by Crippen LogP contribution is 2.42. The van der Waals surface area contributed by atoms with Crippen molar-refractivity contribution in [3.63, 3.8) is 0 Å². The van der Waals surface area contributed by atoms with Crippen LogP contribution in [0.1, 0.15) is 87.5 Å². The Morgan fingerprint density at radius 2 is 1.53 bits per heavy atom. The molecule has 0 aromatic carbocycles. The number of thioether (sulfide) groups is 1. The predicted octanol–water partition coefficient (Wildman–Crippen LogP) is 6.79. The van der Waals surface area contributed by atoms with Crippen molar-refractivity contribution >= 4 is 11.8 Å². The van der Waals surface area contributed by atoms with Crippen LogP contribution in [0.4, 0.5) is 0 Å². The lowest BCUT2D eigenvalue weighted by molar-refractivity contribution is 0.199. The molecule has 0 rings (SSSR count). The molecular weight excluding hydrogens is 248 g/mol. The van der Waals surface area contributed by atoms with Gasteiger partial charge in [0, 0.05) is 10.5 Å². The van der Waals surface area contributed by atoms with Gasteiger partial charge in [0.15, 0.2) is 0 Å². The second kappa shape index (κ2) is 9.32. The minimum Gasteiger partial charge on any atom is -0.155 e. The first-order chi connectivity index (χ1) is 8.80. The van der Waals surface area contributed by atoms with Crippen LogP contribution in [0.15, 0.2) is 0 Å². The summed E-state index contributed by atoms with van der Waals surface area (Å²) in [6.07, 6.45) is 6.68. The molecule has 0 aromatic rings. The van der Waals surface area contributed by atoms with Crippen molar-refractivity contribution in [1.29, 1.82) is 0 Å². The van der Waals surface area contributed by atoms with Crippen molar-refractivity contribution in [2.45, 2.75) is 98.0 Å². The number of hydrogen-bond acceptors (Lipinski definition) is 1. The molecule has 19 heavy (non-hydrogen) atoms. The van der Waals surface area contributed by atoms with Crippen LogP contribution >= 0.6 is 11.8 Å². The van der Waals surface area contributed by atoms with Crippen molar-refractivity contribution < 1.29 is 0 Å². The topological polar surface area (TPSA) is 0 Å². The molecule has 0 N–H and O–H groups in total. The first-order valence-electron chi connectivity index (χ1n) is 8.45. The lowest BCUT2D eigenvalue weighted by Gasteiger charge is -2.38. The van der Waals surface area contributed by atoms with Gasteiger partial charge in [0.05, 0.1) is 0 Å². The van der Waals surface area contributed by atoms with E-state index in [4.69, 9.17) is 0 Å². The first kappa shape index (κ1) is 19.4. The Kier molecular flexibility index (Phi) is 9.49. The average molecular weight is 287 g/mol. The summed E-state index contributed by atoms with van der Waals surface area (Å²) < 4.78 is 0.